The van der Waals surface area contributed by atoms with Gasteiger partial charge in [-0.25, -0.2) is 4.79 Å². The van der Waals surface area contributed by atoms with E-state index in [4.69, 9.17) is 16.7 Å². The summed E-state index contributed by atoms with van der Waals surface area (Å²) in [7, 11) is 0. The van der Waals surface area contributed by atoms with E-state index in [1.54, 1.807) is 36.4 Å². The van der Waals surface area contributed by atoms with Gasteiger partial charge in [-0.15, -0.1) is 0 Å². The topological polar surface area (TPSA) is 57.5 Å². The number of carboxylic acid groups (broad SMARTS) is 1. The maximum absolute atomic E-state index is 11.6. The molecule has 2 N–H and O–H groups in total. The maximum atomic E-state index is 11.6. The molecule has 0 spiro atoms. The molecule has 0 saturated heterocycles. The van der Waals surface area contributed by atoms with Crippen LogP contribution in [0.25, 0.3) is 0 Å². The van der Waals surface area contributed by atoms with Gasteiger partial charge in [-0.2, -0.15) is 0 Å². The molecule has 3 nitrogen and oxygen atoms in total. The number of carboxylic acids is 1. The largest absolute Gasteiger partial charge is 0.478 e. The van der Waals surface area contributed by atoms with E-state index in [0.29, 0.717) is 21.7 Å². The Morgan fingerprint density at radius 2 is 1.33 bits per heavy atom. The van der Waals surface area contributed by atoms with Gasteiger partial charge < -0.3 is 10.2 Å². The van der Waals surface area contributed by atoms with Crippen LogP contribution in [-0.2, 0) is 5.60 Å². The molecule has 3 aromatic rings. The van der Waals surface area contributed by atoms with Crippen LogP contribution in [0.4, 0.5) is 0 Å². The fourth-order valence-electron chi connectivity index (χ4n) is 2.77. The van der Waals surface area contributed by atoms with Crippen molar-refractivity contribution in [2.24, 2.45) is 0 Å². The molecule has 3 rings (SSSR count). The molecule has 0 bridgehead atoms. The molecule has 4 heteroatoms. The highest BCUT2D eigenvalue weighted by Gasteiger charge is 2.35. The number of carbonyl (C=O) groups is 1. The fourth-order valence-corrected chi connectivity index (χ4v) is 3.04. The molecule has 1 atom stereocenters. The van der Waals surface area contributed by atoms with Crippen molar-refractivity contribution in [3.8, 4) is 0 Å². The van der Waals surface area contributed by atoms with E-state index in [1.807, 2.05) is 30.3 Å². The Morgan fingerprint density at radius 3 is 1.92 bits per heavy atom. The van der Waals surface area contributed by atoms with Crippen LogP contribution < -0.4 is 0 Å². The zero-order valence-electron chi connectivity index (χ0n) is 12.7. The van der Waals surface area contributed by atoms with Gasteiger partial charge >= 0.3 is 5.97 Å². The van der Waals surface area contributed by atoms with Gasteiger partial charge in [0.1, 0.15) is 5.60 Å². The zero-order valence-corrected chi connectivity index (χ0v) is 13.4. The summed E-state index contributed by atoms with van der Waals surface area (Å²) in [6.07, 6.45) is 0. The highest BCUT2D eigenvalue weighted by molar-refractivity contribution is 6.31. The molecular formula is C20H15ClO3. The fraction of sp³-hybridized carbons (Fsp3) is 0.0500. The van der Waals surface area contributed by atoms with Crippen molar-refractivity contribution in [3.63, 3.8) is 0 Å². The van der Waals surface area contributed by atoms with E-state index in [0.717, 1.165) is 0 Å². The normalized spacial score (nSPS) is 13.2. The Morgan fingerprint density at radius 1 is 0.792 bits per heavy atom. The summed E-state index contributed by atoms with van der Waals surface area (Å²) < 4.78 is 0. The molecule has 24 heavy (non-hydrogen) atoms. The minimum atomic E-state index is -1.48. The highest BCUT2D eigenvalue weighted by atomic mass is 35.5. The van der Waals surface area contributed by atoms with Gasteiger partial charge in [-0.1, -0.05) is 72.3 Å². The third-order valence-corrected chi connectivity index (χ3v) is 4.33. The molecule has 0 fully saturated rings. The molecule has 0 aliphatic carbocycles. The summed E-state index contributed by atoms with van der Waals surface area (Å²) in [5.41, 5.74) is 0.429. The lowest BCUT2D eigenvalue weighted by molar-refractivity contribution is 0.0696. The van der Waals surface area contributed by atoms with Gasteiger partial charge in [0.2, 0.25) is 0 Å². The van der Waals surface area contributed by atoms with E-state index < -0.39 is 11.6 Å². The Labute approximate surface area is 144 Å². The van der Waals surface area contributed by atoms with Crippen LogP contribution in [-0.4, -0.2) is 16.2 Å². The van der Waals surface area contributed by atoms with Crippen LogP contribution >= 0.6 is 11.6 Å². The van der Waals surface area contributed by atoms with Crippen LogP contribution in [0, 0.1) is 0 Å². The number of aromatic carboxylic acids is 1. The molecule has 0 aliphatic rings. The van der Waals surface area contributed by atoms with E-state index >= 15 is 0 Å². The number of halogens is 1. The summed E-state index contributed by atoms with van der Waals surface area (Å²) in [6, 6.07) is 22.4. The Kier molecular flexibility index (Phi) is 4.38. The third-order valence-electron chi connectivity index (χ3n) is 4.00. The first kappa shape index (κ1) is 16.2. The minimum Gasteiger partial charge on any atom is -0.478 e. The van der Waals surface area contributed by atoms with Gasteiger partial charge in [-0.05, 0) is 29.3 Å². The predicted octanol–water partition coefficient (Wildman–Crippen LogP) is 4.32. The summed E-state index contributed by atoms with van der Waals surface area (Å²) in [6.45, 7) is 0. The van der Waals surface area contributed by atoms with E-state index in [-0.39, 0.29) is 5.56 Å². The third kappa shape index (κ3) is 2.80. The quantitative estimate of drug-likeness (QED) is 0.696. The van der Waals surface area contributed by atoms with Crippen LogP contribution in [0.2, 0.25) is 5.02 Å². The van der Waals surface area contributed by atoms with Crippen molar-refractivity contribution in [1.29, 1.82) is 0 Å². The number of benzene rings is 3. The SMILES string of the molecule is O=C(O)c1ccc(C(O)(c2ccccc2)c2ccccc2Cl)cc1. The van der Waals surface area contributed by atoms with Gasteiger partial charge in [0.05, 0.1) is 5.56 Å². The summed E-state index contributed by atoms with van der Waals surface area (Å²) in [5.74, 6) is -1.01. The van der Waals surface area contributed by atoms with Crippen LogP contribution in [0.15, 0.2) is 78.9 Å². The highest BCUT2D eigenvalue weighted by Crippen LogP contribution is 2.39. The number of hydrogen-bond acceptors (Lipinski definition) is 2. The van der Waals surface area contributed by atoms with E-state index in [2.05, 4.69) is 0 Å². The average molecular weight is 339 g/mol. The summed E-state index contributed by atoms with van der Waals surface area (Å²) in [4.78, 5) is 11.1. The first-order valence-corrected chi connectivity index (χ1v) is 7.78. The van der Waals surface area contributed by atoms with Crippen LogP contribution in [0.3, 0.4) is 0 Å². The molecule has 0 aromatic heterocycles. The van der Waals surface area contributed by atoms with Gasteiger partial charge in [0, 0.05) is 10.6 Å². The Bertz CT molecular complexity index is 860. The maximum Gasteiger partial charge on any atom is 0.335 e. The second-order valence-electron chi connectivity index (χ2n) is 5.44. The lowest BCUT2D eigenvalue weighted by Crippen LogP contribution is -2.29. The molecular weight excluding hydrogens is 324 g/mol. The van der Waals surface area contributed by atoms with Crippen LogP contribution in [0.5, 0.6) is 0 Å². The van der Waals surface area contributed by atoms with Crippen molar-refractivity contribution in [1.82, 2.24) is 0 Å². The molecule has 0 aliphatic heterocycles. The standard InChI is InChI=1S/C20H15ClO3/c21-18-9-5-4-8-17(18)20(24,15-6-2-1-3-7-15)16-12-10-14(11-13-16)19(22)23/h1-13,24H,(H,22,23). The first-order valence-electron chi connectivity index (χ1n) is 7.40. The van der Waals surface area contributed by atoms with Gasteiger partial charge in [0.25, 0.3) is 0 Å². The number of aliphatic hydroxyl groups is 1. The number of hydrogen-bond donors (Lipinski definition) is 2. The molecule has 0 amide bonds. The van der Waals surface area contributed by atoms with Crippen molar-refractivity contribution >= 4 is 17.6 Å². The lowest BCUT2D eigenvalue weighted by atomic mass is 9.80. The van der Waals surface area contributed by atoms with E-state index in [9.17, 15) is 9.90 Å². The van der Waals surface area contributed by atoms with Gasteiger partial charge in [0.15, 0.2) is 0 Å². The Hall–Kier alpha value is -2.62. The molecule has 0 radical (unpaired) electrons. The average Bonchev–Trinajstić information content (AvgIpc) is 2.62. The molecule has 0 heterocycles. The second-order valence-corrected chi connectivity index (χ2v) is 5.85. The van der Waals surface area contributed by atoms with Crippen molar-refractivity contribution in [2.75, 3.05) is 0 Å². The van der Waals surface area contributed by atoms with E-state index in [1.165, 1.54) is 12.1 Å². The first-order chi connectivity index (χ1) is 11.5. The van der Waals surface area contributed by atoms with Crippen molar-refractivity contribution in [3.05, 3.63) is 106 Å². The minimum absolute atomic E-state index is 0.160. The smallest absolute Gasteiger partial charge is 0.335 e. The molecule has 1 unspecified atom stereocenters. The predicted molar refractivity (Wildman–Crippen MR) is 93.4 cm³/mol. The zero-order chi connectivity index (χ0) is 17.2. The molecule has 0 saturated carbocycles. The monoisotopic (exact) mass is 338 g/mol. The summed E-state index contributed by atoms with van der Waals surface area (Å²) >= 11 is 6.34. The Balaban J connectivity index is 2.23. The van der Waals surface area contributed by atoms with Crippen LogP contribution in [0.1, 0.15) is 27.0 Å². The van der Waals surface area contributed by atoms with Crippen molar-refractivity contribution in [2.45, 2.75) is 5.60 Å². The lowest BCUT2D eigenvalue weighted by Gasteiger charge is -2.31. The second kappa shape index (κ2) is 6.48. The number of rotatable bonds is 4. The van der Waals surface area contributed by atoms with Gasteiger partial charge in [-0.3, -0.25) is 0 Å². The summed E-state index contributed by atoms with van der Waals surface area (Å²) in [5, 5.41) is 21.1. The molecule has 3 aromatic carbocycles. The molecule has 120 valence electrons. The van der Waals surface area contributed by atoms with Crippen molar-refractivity contribution < 1.29 is 15.0 Å².